The van der Waals surface area contributed by atoms with E-state index < -0.39 is 120 Å². The Morgan fingerprint density at radius 1 is 0.571 bits per heavy atom. The third kappa shape index (κ3) is 15.6. The summed E-state index contributed by atoms with van der Waals surface area (Å²) in [7, 11) is 0. The SMILES string of the molecule is C[C@@H](OC(C)(C)C)[C@H](NC(=O)[C@H](CC(=O)NC(c1ccccc1)(c1ccccc1)c1ccccc1)NC(=O)CN)C(=O)N[C@@H](CC(=O)OC(C)(C)C)C(=O)N[C@@H](CC(=O)O)C(=O)O. The summed E-state index contributed by atoms with van der Waals surface area (Å²) in [5.41, 5.74) is 4.37. The van der Waals surface area contributed by atoms with Crippen molar-refractivity contribution in [3.8, 4) is 0 Å². The molecule has 5 atom stereocenters. The molecule has 3 rings (SSSR count). The van der Waals surface area contributed by atoms with Crippen molar-refractivity contribution >= 4 is 47.4 Å². The first kappa shape index (κ1) is 50.7. The molecule has 3 aromatic carbocycles. The molecule has 0 aliphatic carbocycles. The van der Waals surface area contributed by atoms with E-state index in [0.29, 0.717) is 16.7 Å². The van der Waals surface area contributed by atoms with Crippen LogP contribution in [0.1, 0.15) is 84.4 Å². The van der Waals surface area contributed by atoms with E-state index in [0.717, 1.165) is 0 Å². The Morgan fingerprint density at radius 2 is 1.02 bits per heavy atom. The second kappa shape index (κ2) is 22.4. The first-order valence-electron chi connectivity index (χ1n) is 20.2. The zero-order valence-corrected chi connectivity index (χ0v) is 36.4. The van der Waals surface area contributed by atoms with Gasteiger partial charge in [0.15, 0.2) is 0 Å². The van der Waals surface area contributed by atoms with E-state index >= 15 is 0 Å². The van der Waals surface area contributed by atoms with Crippen LogP contribution in [0.25, 0.3) is 0 Å². The molecule has 0 saturated heterocycles. The van der Waals surface area contributed by atoms with Crippen molar-refractivity contribution in [1.82, 2.24) is 26.6 Å². The summed E-state index contributed by atoms with van der Waals surface area (Å²) in [4.78, 5) is 105. The van der Waals surface area contributed by atoms with E-state index in [-0.39, 0.29) is 0 Å². The van der Waals surface area contributed by atoms with Gasteiger partial charge in [-0.25, -0.2) is 4.79 Å². The number of nitrogens with two attached hydrogens (primary N) is 1. The van der Waals surface area contributed by atoms with Crippen molar-refractivity contribution < 1.29 is 58.0 Å². The number of carboxylic acids is 2. The standard InChI is InChI=1S/C45H58N6O12/c1-27(62-43(2,3)4)38(41(59)48-32(25-37(56)63-44(5,6)7)39(57)49-33(42(60)61)24-36(54)55)50-40(58)31(47-35(53)26-46)23-34(52)51-45(28-17-11-8-12-18-28,29-19-13-9-14-20-29)30-21-15-10-16-22-30/h8-22,27,31-33,38H,23-26,46H2,1-7H3,(H,47,53)(H,48,59)(H,49,57)(H,50,58)(H,51,52)(H,54,55)(H,60,61)/t27-,31+,32+,33+,38+/m1/s1. The summed E-state index contributed by atoms with van der Waals surface area (Å²) >= 11 is 0. The van der Waals surface area contributed by atoms with Gasteiger partial charge in [-0.3, -0.25) is 33.6 Å². The molecule has 0 aliphatic rings. The van der Waals surface area contributed by atoms with E-state index in [4.69, 9.17) is 15.2 Å². The lowest BCUT2D eigenvalue weighted by molar-refractivity contribution is -0.157. The van der Waals surface area contributed by atoms with Gasteiger partial charge in [-0.2, -0.15) is 0 Å². The minimum absolute atomic E-state index is 0.568. The maximum Gasteiger partial charge on any atom is 0.326 e. The number of hydrogen-bond donors (Lipinski definition) is 8. The second-order valence-corrected chi connectivity index (χ2v) is 16.7. The van der Waals surface area contributed by atoms with Gasteiger partial charge in [0.1, 0.15) is 35.3 Å². The number of carboxylic acid groups (broad SMARTS) is 2. The molecule has 18 nitrogen and oxygen atoms in total. The normalized spacial score (nSPS) is 14.0. The molecule has 340 valence electrons. The second-order valence-electron chi connectivity index (χ2n) is 16.7. The molecule has 18 heteroatoms. The van der Waals surface area contributed by atoms with E-state index in [1.165, 1.54) is 6.92 Å². The van der Waals surface area contributed by atoms with Crippen LogP contribution in [0.5, 0.6) is 0 Å². The molecule has 0 aliphatic heterocycles. The van der Waals surface area contributed by atoms with Gasteiger partial charge < -0.3 is 52.0 Å². The molecule has 5 amide bonds. The van der Waals surface area contributed by atoms with Crippen molar-refractivity contribution in [3.63, 3.8) is 0 Å². The van der Waals surface area contributed by atoms with Crippen molar-refractivity contribution in [3.05, 3.63) is 108 Å². The van der Waals surface area contributed by atoms with Crippen molar-refractivity contribution in [2.45, 2.75) is 115 Å². The molecule has 0 heterocycles. The van der Waals surface area contributed by atoms with Crippen molar-refractivity contribution in [1.29, 1.82) is 0 Å². The minimum atomic E-state index is -1.95. The molecule has 0 spiro atoms. The molecular formula is C45H58N6O12. The Labute approximate surface area is 366 Å². The predicted octanol–water partition coefficient (Wildman–Crippen LogP) is 1.88. The molecule has 0 radical (unpaired) electrons. The Morgan fingerprint density at radius 3 is 1.43 bits per heavy atom. The molecule has 63 heavy (non-hydrogen) atoms. The number of nitrogens with one attached hydrogen (secondary N) is 5. The number of ether oxygens (including phenoxy) is 2. The van der Waals surface area contributed by atoms with Crippen molar-refractivity contribution in [2.24, 2.45) is 5.73 Å². The summed E-state index contributed by atoms with van der Waals surface area (Å²) in [6.07, 6.45) is -3.74. The molecule has 0 unspecified atom stereocenters. The van der Waals surface area contributed by atoms with Gasteiger partial charge in [0, 0.05) is 0 Å². The zero-order valence-electron chi connectivity index (χ0n) is 36.4. The molecule has 0 saturated carbocycles. The number of hydrogen-bond acceptors (Lipinski definition) is 11. The number of carbonyl (C=O) groups is 8. The van der Waals surface area contributed by atoms with Crippen LogP contribution in [0.15, 0.2) is 91.0 Å². The fourth-order valence-corrected chi connectivity index (χ4v) is 6.63. The molecular weight excluding hydrogens is 817 g/mol. The van der Waals surface area contributed by atoms with E-state index in [2.05, 4.69) is 21.3 Å². The number of aliphatic carboxylic acids is 2. The number of rotatable bonds is 21. The first-order chi connectivity index (χ1) is 29.4. The van der Waals surface area contributed by atoms with Gasteiger partial charge >= 0.3 is 17.9 Å². The van der Waals surface area contributed by atoms with Gasteiger partial charge in [-0.05, 0) is 65.2 Å². The number of esters is 1. The Kier molecular flexibility index (Phi) is 18.1. The van der Waals surface area contributed by atoms with Gasteiger partial charge in [0.25, 0.3) is 0 Å². The monoisotopic (exact) mass is 874 g/mol. The lowest BCUT2D eigenvalue weighted by Crippen LogP contribution is -2.62. The third-order valence-electron chi connectivity index (χ3n) is 9.18. The van der Waals surface area contributed by atoms with Gasteiger partial charge in [-0.1, -0.05) is 91.0 Å². The lowest BCUT2D eigenvalue weighted by Gasteiger charge is -2.37. The summed E-state index contributed by atoms with van der Waals surface area (Å²) in [5, 5.41) is 31.3. The highest BCUT2D eigenvalue weighted by atomic mass is 16.6. The lowest BCUT2D eigenvalue weighted by atomic mass is 9.77. The smallest absolute Gasteiger partial charge is 0.326 e. The third-order valence-corrected chi connectivity index (χ3v) is 9.18. The Bertz CT molecular complexity index is 1970. The number of amides is 5. The maximum absolute atomic E-state index is 14.4. The maximum atomic E-state index is 14.4. The number of benzene rings is 3. The Hall–Kier alpha value is -6.66. The first-order valence-corrected chi connectivity index (χ1v) is 20.2. The fourth-order valence-electron chi connectivity index (χ4n) is 6.63. The van der Waals surface area contributed by atoms with Gasteiger partial charge in [0.2, 0.25) is 29.5 Å². The van der Waals surface area contributed by atoms with E-state index in [1.807, 2.05) is 96.3 Å². The molecule has 0 fully saturated rings. The fraction of sp³-hybridized carbons (Fsp3) is 0.422. The van der Waals surface area contributed by atoms with E-state index in [9.17, 15) is 48.6 Å². The van der Waals surface area contributed by atoms with Gasteiger partial charge in [-0.15, -0.1) is 0 Å². The summed E-state index contributed by atoms with van der Waals surface area (Å²) in [5.74, 6) is -9.16. The highest BCUT2D eigenvalue weighted by molar-refractivity contribution is 5.98. The highest BCUT2D eigenvalue weighted by Gasteiger charge is 2.41. The average molecular weight is 875 g/mol. The highest BCUT2D eigenvalue weighted by Crippen LogP contribution is 2.37. The summed E-state index contributed by atoms with van der Waals surface area (Å²) < 4.78 is 11.4. The Balaban J connectivity index is 2.05. The molecule has 9 N–H and O–H groups in total. The summed E-state index contributed by atoms with van der Waals surface area (Å²) in [6, 6.07) is 20.2. The molecule has 0 bridgehead atoms. The van der Waals surface area contributed by atoms with Crippen molar-refractivity contribution in [2.75, 3.05) is 6.54 Å². The van der Waals surface area contributed by atoms with Gasteiger partial charge in [0.05, 0.1) is 37.5 Å². The van der Waals surface area contributed by atoms with Crippen LogP contribution >= 0.6 is 0 Å². The van der Waals surface area contributed by atoms with Crippen LogP contribution in [0.2, 0.25) is 0 Å². The van der Waals surface area contributed by atoms with E-state index in [1.54, 1.807) is 41.5 Å². The van der Waals surface area contributed by atoms with Crippen LogP contribution in [-0.2, 0) is 53.4 Å². The number of carbonyl (C=O) groups excluding carboxylic acids is 6. The quantitative estimate of drug-likeness (QED) is 0.0562. The topological polar surface area (TPSA) is 282 Å². The van der Waals surface area contributed by atoms with Crippen LogP contribution < -0.4 is 32.3 Å². The summed E-state index contributed by atoms with van der Waals surface area (Å²) in [6.45, 7) is 10.5. The zero-order chi connectivity index (χ0) is 47.1. The molecule has 3 aromatic rings. The average Bonchev–Trinajstić information content (AvgIpc) is 3.20. The largest absolute Gasteiger partial charge is 0.481 e. The minimum Gasteiger partial charge on any atom is -0.481 e. The predicted molar refractivity (Wildman–Crippen MR) is 229 cm³/mol. The van der Waals surface area contributed by atoms with Crippen LogP contribution in [0.3, 0.4) is 0 Å². The van der Waals surface area contributed by atoms with Crippen LogP contribution in [-0.4, -0.2) is 106 Å². The van der Waals surface area contributed by atoms with Crippen LogP contribution in [0, 0.1) is 0 Å². The molecule has 0 aromatic heterocycles. The van der Waals surface area contributed by atoms with Crippen LogP contribution in [0.4, 0.5) is 0 Å².